The summed E-state index contributed by atoms with van der Waals surface area (Å²) in [6.07, 6.45) is 59.8. The Balaban J connectivity index is 0.000000411. The molecule has 0 N–H and O–H groups in total. The van der Waals surface area contributed by atoms with Gasteiger partial charge in [-0.25, -0.2) is 13.7 Å². The van der Waals surface area contributed by atoms with Gasteiger partial charge in [-0.1, -0.05) is 345 Å². The van der Waals surface area contributed by atoms with Gasteiger partial charge < -0.3 is 41.8 Å². The van der Waals surface area contributed by atoms with Crippen molar-refractivity contribution in [3.63, 3.8) is 0 Å². The van der Waals surface area contributed by atoms with E-state index >= 15 is 0 Å². The van der Waals surface area contributed by atoms with Crippen molar-refractivity contribution in [3.8, 4) is 34.5 Å². The fourth-order valence-electron chi connectivity index (χ4n) is 12.8. The molecule has 1 radical (unpaired) electrons. The summed E-state index contributed by atoms with van der Waals surface area (Å²) < 4.78 is 68.1. The van der Waals surface area contributed by atoms with E-state index in [-0.39, 0.29) is 75.3 Å². The molecule has 589 valence electrons. The van der Waals surface area contributed by atoms with E-state index in [9.17, 15) is 28.4 Å². The largest absolute Gasteiger partial charge is 3.00 e. The van der Waals surface area contributed by atoms with E-state index in [2.05, 4.69) is 41.5 Å². The van der Waals surface area contributed by atoms with Crippen LogP contribution < -0.4 is 41.8 Å². The van der Waals surface area contributed by atoms with Crippen LogP contribution in [0.4, 0.5) is 0 Å². The van der Waals surface area contributed by atoms with Gasteiger partial charge in [-0.05, 0) is 183 Å². The number of unbranched alkanes of at least 4 members (excludes halogenated alkanes) is 36. The van der Waals surface area contributed by atoms with E-state index in [4.69, 9.17) is 27.1 Å². The van der Waals surface area contributed by atoms with Gasteiger partial charge in [0.1, 0.15) is 34.5 Å². The second-order valence-corrected chi connectivity index (χ2v) is 32.8. The molecule has 0 amide bonds. The predicted octanol–water partition coefficient (Wildman–Crippen LogP) is 27.6. The maximum absolute atomic E-state index is 12.4. The van der Waals surface area contributed by atoms with Crippen molar-refractivity contribution in [1.82, 2.24) is 0 Å². The smallest absolute Gasteiger partial charge is 0.736 e. The number of phosphoric acid groups is 3. The van der Waals surface area contributed by atoms with Crippen LogP contribution in [0.5, 0.6) is 34.5 Å². The summed E-state index contributed by atoms with van der Waals surface area (Å²) in [5.74, 6) is 1.68. The van der Waals surface area contributed by atoms with Crippen molar-refractivity contribution in [2.75, 3.05) is 0 Å². The van der Waals surface area contributed by atoms with Crippen molar-refractivity contribution in [3.05, 3.63) is 179 Å². The molecule has 6 aromatic rings. The molecule has 0 saturated carbocycles. The molecule has 0 aliphatic carbocycles. The Morgan fingerprint density at radius 1 is 0.189 bits per heavy atom. The van der Waals surface area contributed by atoms with Crippen LogP contribution in [0.3, 0.4) is 0 Å². The molecule has 0 aliphatic heterocycles. The van der Waals surface area contributed by atoms with Gasteiger partial charge in [0.2, 0.25) is 0 Å². The van der Waals surface area contributed by atoms with Crippen molar-refractivity contribution >= 4 is 23.5 Å². The fraction of sp³-hybridized carbons (Fsp3) is 0.600. The first-order valence-electron chi connectivity index (χ1n) is 41.7. The van der Waals surface area contributed by atoms with E-state index in [1.54, 1.807) is 72.8 Å². The van der Waals surface area contributed by atoms with Gasteiger partial charge in [-0.2, -0.15) is 0 Å². The summed E-state index contributed by atoms with van der Waals surface area (Å²) in [4.78, 5) is 37.1. The number of aryl methyl sites for hydroxylation is 6. The average molecular weight is 1650 g/mol. The van der Waals surface area contributed by atoms with Crippen LogP contribution in [-0.4, -0.2) is 0 Å². The van der Waals surface area contributed by atoms with Gasteiger partial charge in [0, 0.05) is 0 Å². The molecule has 12 nitrogen and oxygen atoms in total. The second-order valence-electron chi connectivity index (χ2n) is 29.0. The van der Waals surface area contributed by atoms with Gasteiger partial charge in [0.25, 0.3) is 0 Å². The second kappa shape index (κ2) is 61.7. The third kappa shape index (κ3) is 50.0. The maximum atomic E-state index is 12.4. The fourth-order valence-corrected chi connectivity index (χ4v) is 15.2. The minimum atomic E-state index is -4.50. The predicted molar refractivity (Wildman–Crippen MR) is 435 cm³/mol. The zero-order chi connectivity index (χ0) is 75.6. The Labute approximate surface area is 677 Å². The molecule has 106 heavy (non-hydrogen) atoms. The van der Waals surface area contributed by atoms with E-state index < -0.39 is 23.5 Å². The summed E-state index contributed by atoms with van der Waals surface area (Å²) in [6, 6.07) is 43.7. The molecule has 0 aliphatic rings. The van der Waals surface area contributed by atoms with Crippen LogP contribution in [0, 0.1) is 40.8 Å². The van der Waals surface area contributed by atoms with Gasteiger partial charge in [0.05, 0.1) is 0 Å². The first-order valence-corrected chi connectivity index (χ1v) is 46.1. The molecular weight excluding hydrogens is 1510 g/mol. The Bertz CT molecular complexity index is 2640. The van der Waals surface area contributed by atoms with E-state index in [1.165, 1.54) is 265 Å². The number of phosphoric ester groups is 3. The zero-order valence-electron chi connectivity index (χ0n) is 66.5. The van der Waals surface area contributed by atoms with Crippen molar-refractivity contribution in [2.45, 2.75) is 350 Å². The maximum Gasteiger partial charge on any atom is 3.00 e. The third-order valence-electron chi connectivity index (χ3n) is 19.3. The summed E-state index contributed by atoms with van der Waals surface area (Å²) in [5, 5.41) is 0. The van der Waals surface area contributed by atoms with Gasteiger partial charge in [-0.15, -0.1) is 0 Å². The average Bonchev–Trinajstić information content (AvgIpc) is 0.862. The molecule has 0 fully saturated rings. The molecular formula is C90H138NdO12P3. The first kappa shape index (κ1) is 96.2. The van der Waals surface area contributed by atoms with Crippen LogP contribution >= 0.6 is 23.5 Å². The van der Waals surface area contributed by atoms with Crippen molar-refractivity contribution in [1.29, 1.82) is 0 Å². The monoisotopic (exact) mass is 1650 g/mol. The summed E-state index contributed by atoms with van der Waals surface area (Å²) in [7, 11) is -13.5. The molecule has 0 bridgehead atoms. The molecule has 0 spiro atoms. The summed E-state index contributed by atoms with van der Waals surface area (Å²) in [5.41, 5.74) is 7.19. The molecule has 0 aromatic heterocycles. The summed E-state index contributed by atoms with van der Waals surface area (Å²) in [6.45, 7) is 13.4. The van der Waals surface area contributed by atoms with Crippen molar-refractivity contribution < 1.29 is 96.4 Å². The number of rotatable bonds is 60. The van der Waals surface area contributed by atoms with Gasteiger partial charge in [0.15, 0.2) is 0 Å². The van der Waals surface area contributed by atoms with Gasteiger partial charge in [-0.3, -0.25) is 0 Å². The molecule has 16 heteroatoms. The number of benzene rings is 6. The Kier molecular flexibility index (Phi) is 56.0. The zero-order valence-corrected chi connectivity index (χ0v) is 72.4. The quantitative estimate of drug-likeness (QED) is 0.0261. The SMILES string of the molecule is CCCCCCCCCc1ccc(OP(=O)([O-])Oc2ccc(CCCCCCCCC)cc2)cc1.CCCCCCCCCc1ccc(OP(=O)([O-])Oc2ccc(CCCCCCCCC)cc2)cc1.CCCCCCCCCc1ccc(OP(=O)([O-])Oc2ccc(CCCCCCCCC)cc2)cc1.[Nd+3]. The van der Waals surface area contributed by atoms with Crippen LogP contribution in [0.2, 0.25) is 0 Å². The molecule has 0 atom stereocenters. The molecule has 6 rings (SSSR count). The van der Waals surface area contributed by atoms with E-state index in [0.717, 1.165) is 77.0 Å². The van der Waals surface area contributed by atoms with Crippen LogP contribution in [-0.2, 0) is 52.2 Å². The third-order valence-corrected chi connectivity index (χ3v) is 21.9. The number of hydrogen-bond acceptors (Lipinski definition) is 12. The first-order chi connectivity index (χ1) is 51.1. The van der Waals surface area contributed by atoms with Crippen LogP contribution in [0.1, 0.15) is 345 Å². The number of hydrogen-bond donors (Lipinski definition) is 0. The molecule has 0 unspecified atom stereocenters. The minimum absolute atomic E-state index is 0. The Morgan fingerprint density at radius 3 is 0.406 bits per heavy atom. The topological polar surface area (TPSA) is 176 Å². The Hall–Kier alpha value is -3.96. The standard InChI is InChI=1S/3C30H47O4P.Nd/c3*1-3-5-7-9-11-13-15-17-27-19-23-29(24-20-27)33-35(31,32)34-30-25-21-28(22-26-30)18-16-14-12-10-8-6-4-2;/h3*19-26H,3-18H2,1-2H3,(H,31,32);/q;;;+3/p-3. The Morgan fingerprint density at radius 2 is 0.292 bits per heavy atom. The molecule has 0 heterocycles. The van der Waals surface area contributed by atoms with Crippen LogP contribution in [0.15, 0.2) is 146 Å². The summed E-state index contributed by atoms with van der Waals surface area (Å²) >= 11 is 0. The molecule has 6 aromatic carbocycles. The van der Waals surface area contributed by atoms with Gasteiger partial charge >= 0.3 is 64.3 Å². The van der Waals surface area contributed by atoms with Crippen molar-refractivity contribution in [2.24, 2.45) is 0 Å². The minimum Gasteiger partial charge on any atom is -0.736 e. The normalized spacial score (nSPS) is 11.4. The van der Waals surface area contributed by atoms with Crippen LogP contribution in [0.25, 0.3) is 0 Å². The van der Waals surface area contributed by atoms with E-state index in [0.29, 0.717) is 0 Å². The van der Waals surface area contributed by atoms with E-state index in [1.807, 2.05) is 72.8 Å². The molecule has 0 saturated heterocycles.